The lowest BCUT2D eigenvalue weighted by Crippen LogP contribution is -2.32. The molecule has 0 amide bonds. The zero-order valence-electron chi connectivity index (χ0n) is 14.4. The number of hydrogen-bond acceptors (Lipinski definition) is 5. The second-order valence-corrected chi connectivity index (χ2v) is 6.71. The number of benzene rings is 1. The van der Waals surface area contributed by atoms with Gasteiger partial charge in [0.15, 0.2) is 0 Å². The van der Waals surface area contributed by atoms with Crippen molar-refractivity contribution in [2.24, 2.45) is 0 Å². The first-order chi connectivity index (χ1) is 13.0. The van der Waals surface area contributed by atoms with Crippen LogP contribution < -0.4 is 5.32 Å². The van der Waals surface area contributed by atoms with Gasteiger partial charge in [0.25, 0.3) is 0 Å². The topological polar surface area (TPSA) is 64.6 Å². The van der Waals surface area contributed by atoms with Crippen LogP contribution >= 0.6 is 0 Å². The van der Waals surface area contributed by atoms with Gasteiger partial charge in [0.05, 0.1) is 35.6 Å². The van der Waals surface area contributed by atoms with Crippen LogP contribution in [0.5, 0.6) is 0 Å². The second kappa shape index (κ2) is 6.44. The third kappa shape index (κ3) is 2.79. The zero-order valence-corrected chi connectivity index (χ0v) is 14.4. The van der Waals surface area contributed by atoms with Gasteiger partial charge in [-0.05, 0) is 36.0 Å². The van der Waals surface area contributed by atoms with Crippen LogP contribution in [0, 0.1) is 11.6 Å². The van der Waals surface area contributed by atoms with Gasteiger partial charge < -0.3 is 14.8 Å². The fourth-order valence-corrected chi connectivity index (χ4v) is 3.79. The van der Waals surface area contributed by atoms with Gasteiger partial charge in [0.1, 0.15) is 24.9 Å². The van der Waals surface area contributed by atoms with Gasteiger partial charge >= 0.3 is 11.9 Å². The summed E-state index contributed by atoms with van der Waals surface area (Å²) >= 11 is 0. The summed E-state index contributed by atoms with van der Waals surface area (Å²) in [5.74, 6) is -4.47. The number of carbonyl (C=O) groups is 2. The number of alkyl halides is 1. The number of carbonyl (C=O) groups excluding carboxylic acids is 2. The number of dihydropyridines is 1. The predicted molar refractivity (Wildman–Crippen MR) is 87.2 cm³/mol. The number of rotatable bonds is 4. The number of halogens is 3. The Morgan fingerprint density at radius 3 is 2.70 bits per heavy atom. The molecule has 1 saturated carbocycles. The molecule has 1 N–H and O–H groups in total. The van der Waals surface area contributed by atoms with Crippen molar-refractivity contribution >= 4 is 11.9 Å². The molecule has 1 aromatic carbocycles. The number of cyclic esters (lactones) is 1. The van der Waals surface area contributed by atoms with Crippen LogP contribution in [0.4, 0.5) is 13.2 Å². The number of allylic oxidation sites excluding steroid dienone is 1. The predicted octanol–water partition coefficient (Wildman–Crippen LogP) is 2.74. The van der Waals surface area contributed by atoms with E-state index in [1.165, 1.54) is 0 Å². The molecule has 5 nitrogen and oxygen atoms in total. The molecule has 4 rings (SSSR count). The highest BCUT2D eigenvalue weighted by atomic mass is 19.1. The van der Waals surface area contributed by atoms with E-state index in [-0.39, 0.29) is 46.2 Å². The molecular weight excluding hydrogens is 363 g/mol. The van der Waals surface area contributed by atoms with E-state index in [4.69, 9.17) is 9.47 Å². The van der Waals surface area contributed by atoms with Crippen LogP contribution in [-0.2, 0) is 19.1 Å². The van der Waals surface area contributed by atoms with Gasteiger partial charge in [0.2, 0.25) is 0 Å². The molecule has 1 unspecified atom stereocenters. The zero-order chi connectivity index (χ0) is 19.3. The third-order valence-electron chi connectivity index (χ3n) is 5.06. The largest absolute Gasteiger partial charge is 0.466 e. The molecule has 142 valence electrons. The maximum atomic E-state index is 14.6. The summed E-state index contributed by atoms with van der Waals surface area (Å²) in [5.41, 5.74) is 0.444. The molecule has 1 fully saturated rings. The van der Waals surface area contributed by atoms with E-state index in [9.17, 15) is 22.8 Å². The lowest BCUT2D eigenvalue weighted by Gasteiger charge is -2.29. The highest BCUT2D eigenvalue weighted by Crippen LogP contribution is 2.49. The summed E-state index contributed by atoms with van der Waals surface area (Å²) < 4.78 is 52.1. The summed E-state index contributed by atoms with van der Waals surface area (Å²) in [6.07, 6.45) is 1.42. The van der Waals surface area contributed by atoms with Crippen molar-refractivity contribution < 1.29 is 32.2 Å². The maximum Gasteiger partial charge on any atom is 0.337 e. The Hall–Kier alpha value is -2.77. The van der Waals surface area contributed by atoms with E-state index in [2.05, 4.69) is 5.32 Å². The normalized spacial score (nSPS) is 21.8. The third-order valence-corrected chi connectivity index (χ3v) is 5.06. The van der Waals surface area contributed by atoms with E-state index in [1.807, 2.05) is 0 Å². The van der Waals surface area contributed by atoms with E-state index in [0.29, 0.717) is 12.8 Å². The number of nitrogens with one attached hydrogen (secondary N) is 1. The molecule has 2 heterocycles. The van der Waals surface area contributed by atoms with E-state index < -0.39 is 36.2 Å². The Morgan fingerprint density at radius 1 is 1.33 bits per heavy atom. The van der Waals surface area contributed by atoms with Crippen molar-refractivity contribution in [3.05, 3.63) is 57.4 Å². The molecule has 8 heteroatoms. The molecule has 0 spiro atoms. The fraction of sp³-hybridized carbons (Fsp3) is 0.368. The van der Waals surface area contributed by atoms with Crippen LogP contribution in [0.3, 0.4) is 0 Å². The quantitative estimate of drug-likeness (QED) is 0.815. The van der Waals surface area contributed by atoms with Crippen molar-refractivity contribution in [3.8, 4) is 0 Å². The van der Waals surface area contributed by atoms with Gasteiger partial charge in [-0.3, -0.25) is 0 Å². The summed E-state index contributed by atoms with van der Waals surface area (Å²) in [4.78, 5) is 24.8. The molecule has 27 heavy (non-hydrogen) atoms. The molecule has 0 aromatic heterocycles. The minimum Gasteiger partial charge on any atom is -0.466 e. The lowest BCUT2D eigenvalue weighted by atomic mass is 9.78. The minimum atomic E-state index is -1.16. The fourth-order valence-electron chi connectivity index (χ4n) is 3.79. The lowest BCUT2D eigenvalue weighted by molar-refractivity contribution is -0.136. The van der Waals surface area contributed by atoms with Crippen LogP contribution in [-0.4, -0.2) is 32.3 Å². The van der Waals surface area contributed by atoms with E-state index in [0.717, 1.165) is 19.2 Å². The van der Waals surface area contributed by atoms with E-state index in [1.54, 1.807) is 0 Å². The molecule has 1 aromatic rings. The average Bonchev–Trinajstić information content (AvgIpc) is 3.41. The van der Waals surface area contributed by atoms with Crippen molar-refractivity contribution in [1.82, 2.24) is 5.32 Å². The van der Waals surface area contributed by atoms with Crippen molar-refractivity contribution in [3.63, 3.8) is 0 Å². The highest BCUT2D eigenvalue weighted by molar-refractivity contribution is 6.01. The summed E-state index contributed by atoms with van der Waals surface area (Å²) in [7, 11) is 1.12. The van der Waals surface area contributed by atoms with Crippen LogP contribution in [0.15, 0.2) is 34.7 Å². The standard InChI is InChI=1S/C19H16F3NO4/c1-26-18(24)16-12(6-20)23-13-7-27-19(25)17(13)15(16)10-4-9(21)5-11(22)14(10)8-2-3-8/h4-5,8,15,23H,2-3,6-7H2,1H3. The molecule has 3 aliphatic rings. The van der Waals surface area contributed by atoms with Crippen LogP contribution in [0.25, 0.3) is 0 Å². The van der Waals surface area contributed by atoms with Gasteiger partial charge in [-0.2, -0.15) is 0 Å². The van der Waals surface area contributed by atoms with Crippen molar-refractivity contribution in [1.29, 1.82) is 0 Å². The number of hydrogen-bond donors (Lipinski definition) is 1. The molecular formula is C19H16F3NO4. The van der Waals surface area contributed by atoms with Crippen molar-refractivity contribution in [2.45, 2.75) is 24.7 Å². The summed E-state index contributed by atoms with van der Waals surface area (Å²) in [6, 6.07) is 1.87. The highest BCUT2D eigenvalue weighted by Gasteiger charge is 2.45. The van der Waals surface area contributed by atoms with Gasteiger partial charge in [-0.1, -0.05) is 0 Å². The van der Waals surface area contributed by atoms with Gasteiger partial charge in [0, 0.05) is 6.07 Å². The molecule has 0 bridgehead atoms. The summed E-state index contributed by atoms with van der Waals surface area (Å²) in [5, 5.41) is 2.70. The average molecular weight is 379 g/mol. The van der Waals surface area contributed by atoms with Crippen molar-refractivity contribution in [2.75, 3.05) is 20.4 Å². The first kappa shape index (κ1) is 17.6. The molecule has 0 saturated heterocycles. The summed E-state index contributed by atoms with van der Waals surface area (Å²) in [6.45, 7) is -1.17. The number of ether oxygens (including phenoxy) is 2. The van der Waals surface area contributed by atoms with Crippen LogP contribution in [0.1, 0.15) is 35.8 Å². The SMILES string of the molecule is COC(=O)C1=C(CF)NC2=C(C(=O)OC2)C1c1cc(F)cc(F)c1C1CC1. The first-order valence-electron chi connectivity index (χ1n) is 8.49. The molecule has 0 radical (unpaired) electrons. The van der Waals surface area contributed by atoms with Gasteiger partial charge in [-0.25, -0.2) is 22.8 Å². The van der Waals surface area contributed by atoms with Gasteiger partial charge in [-0.15, -0.1) is 0 Å². The Kier molecular flexibility index (Phi) is 4.20. The number of methoxy groups -OCH3 is 1. The minimum absolute atomic E-state index is 0.0551. The first-order valence-corrected chi connectivity index (χ1v) is 8.49. The molecule has 1 atom stereocenters. The molecule has 2 aliphatic heterocycles. The smallest absolute Gasteiger partial charge is 0.337 e. The van der Waals surface area contributed by atoms with Crippen LogP contribution in [0.2, 0.25) is 0 Å². The Labute approximate surface area is 152 Å². The molecule has 1 aliphatic carbocycles. The second-order valence-electron chi connectivity index (χ2n) is 6.71. The monoisotopic (exact) mass is 379 g/mol. The number of esters is 2. The Balaban J connectivity index is 1.99. The Bertz CT molecular complexity index is 918. The van der Waals surface area contributed by atoms with E-state index >= 15 is 0 Å². The Morgan fingerprint density at radius 2 is 2.07 bits per heavy atom. The maximum absolute atomic E-state index is 14.6.